The zero-order valence-corrected chi connectivity index (χ0v) is 14.2. The first-order chi connectivity index (χ1) is 12.3. The Labute approximate surface area is 150 Å². The summed E-state index contributed by atoms with van der Waals surface area (Å²) in [5, 5.41) is 14.3. The standard InChI is InChI=1S/C16H10N4O3S2/c21-15(12-8-14(23-20-12)13-2-1-7-22-13)18-10-3-5-11(6-4-10)25-16-19-17-9-24-16/h1-9H,(H,18,21). The van der Waals surface area contributed by atoms with E-state index >= 15 is 0 Å². The fraction of sp³-hybridized carbons (Fsp3) is 0. The summed E-state index contributed by atoms with van der Waals surface area (Å²) in [4.78, 5) is 13.3. The fourth-order valence-corrected chi connectivity index (χ4v) is 3.48. The van der Waals surface area contributed by atoms with Crippen LogP contribution in [0.3, 0.4) is 0 Å². The van der Waals surface area contributed by atoms with E-state index in [0.29, 0.717) is 17.2 Å². The number of hydrogen-bond acceptors (Lipinski definition) is 8. The largest absolute Gasteiger partial charge is 0.461 e. The molecule has 0 fully saturated rings. The first kappa shape index (κ1) is 15.6. The molecule has 9 heteroatoms. The number of rotatable bonds is 5. The average molecular weight is 370 g/mol. The van der Waals surface area contributed by atoms with Crippen molar-refractivity contribution in [2.75, 3.05) is 5.32 Å². The first-order valence-corrected chi connectivity index (χ1v) is 8.83. The maximum absolute atomic E-state index is 12.3. The lowest BCUT2D eigenvalue weighted by molar-refractivity contribution is 0.101. The van der Waals surface area contributed by atoms with E-state index in [9.17, 15) is 4.79 Å². The van der Waals surface area contributed by atoms with Gasteiger partial charge in [-0.25, -0.2) is 0 Å². The molecule has 0 atom stereocenters. The van der Waals surface area contributed by atoms with Crippen LogP contribution in [-0.4, -0.2) is 21.3 Å². The molecule has 0 saturated carbocycles. The number of aromatic nitrogens is 3. The summed E-state index contributed by atoms with van der Waals surface area (Å²) in [7, 11) is 0. The molecule has 0 aliphatic heterocycles. The van der Waals surface area contributed by atoms with Crippen LogP contribution in [0.4, 0.5) is 5.69 Å². The molecule has 1 amide bonds. The maximum atomic E-state index is 12.3. The highest BCUT2D eigenvalue weighted by molar-refractivity contribution is 8.01. The van der Waals surface area contributed by atoms with E-state index in [4.69, 9.17) is 8.94 Å². The molecule has 124 valence electrons. The quantitative estimate of drug-likeness (QED) is 0.563. The Kier molecular flexibility index (Phi) is 4.32. The second kappa shape index (κ2) is 6.91. The van der Waals surface area contributed by atoms with E-state index < -0.39 is 0 Å². The SMILES string of the molecule is O=C(Nc1ccc(Sc2nncs2)cc1)c1cc(-c2ccco2)on1. The number of amides is 1. The van der Waals surface area contributed by atoms with E-state index in [1.54, 1.807) is 17.6 Å². The number of nitrogens with one attached hydrogen (secondary N) is 1. The van der Waals surface area contributed by atoms with Crippen molar-refractivity contribution in [3.8, 4) is 11.5 Å². The number of benzene rings is 1. The van der Waals surface area contributed by atoms with Gasteiger partial charge in [-0.15, -0.1) is 10.2 Å². The molecule has 0 bridgehead atoms. The van der Waals surface area contributed by atoms with E-state index in [2.05, 4.69) is 20.7 Å². The van der Waals surface area contributed by atoms with Gasteiger partial charge in [0.25, 0.3) is 5.91 Å². The molecule has 0 saturated heterocycles. The Morgan fingerprint density at radius 2 is 2.04 bits per heavy atom. The molecule has 0 unspecified atom stereocenters. The Morgan fingerprint density at radius 3 is 2.76 bits per heavy atom. The van der Waals surface area contributed by atoms with Crippen molar-refractivity contribution in [3.63, 3.8) is 0 Å². The van der Waals surface area contributed by atoms with Gasteiger partial charge in [-0.3, -0.25) is 4.79 Å². The van der Waals surface area contributed by atoms with Gasteiger partial charge in [-0.05, 0) is 36.4 Å². The Bertz CT molecular complexity index is 963. The van der Waals surface area contributed by atoms with Crippen molar-refractivity contribution < 1.29 is 13.7 Å². The van der Waals surface area contributed by atoms with Crippen LogP contribution in [0, 0.1) is 0 Å². The van der Waals surface area contributed by atoms with Crippen molar-refractivity contribution >= 4 is 34.7 Å². The molecule has 0 aliphatic rings. The molecule has 3 heterocycles. The number of carbonyl (C=O) groups is 1. The predicted molar refractivity (Wildman–Crippen MR) is 92.6 cm³/mol. The maximum Gasteiger partial charge on any atom is 0.277 e. The highest BCUT2D eigenvalue weighted by Gasteiger charge is 2.15. The molecule has 1 aromatic carbocycles. The summed E-state index contributed by atoms with van der Waals surface area (Å²) in [5.41, 5.74) is 2.53. The van der Waals surface area contributed by atoms with Gasteiger partial charge in [0, 0.05) is 16.6 Å². The molecule has 0 radical (unpaired) electrons. The van der Waals surface area contributed by atoms with Crippen LogP contribution in [0.1, 0.15) is 10.5 Å². The minimum atomic E-state index is -0.355. The molecule has 1 N–H and O–H groups in total. The highest BCUT2D eigenvalue weighted by atomic mass is 32.2. The van der Waals surface area contributed by atoms with Crippen LogP contribution in [0.5, 0.6) is 0 Å². The lowest BCUT2D eigenvalue weighted by Gasteiger charge is -2.03. The molecule has 4 rings (SSSR count). The van der Waals surface area contributed by atoms with Gasteiger partial charge in [0.05, 0.1) is 6.26 Å². The van der Waals surface area contributed by atoms with Crippen molar-refractivity contribution in [3.05, 3.63) is 59.9 Å². The van der Waals surface area contributed by atoms with Crippen LogP contribution >= 0.6 is 23.1 Å². The Hall–Kier alpha value is -2.91. The molecule has 7 nitrogen and oxygen atoms in total. The molecular formula is C16H10N4O3S2. The summed E-state index contributed by atoms with van der Waals surface area (Å²) in [6, 6.07) is 12.4. The first-order valence-electron chi connectivity index (χ1n) is 7.14. The van der Waals surface area contributed by atoms with Crippen molar-refractivity contribution in [1.82, 2.24) is 15.4 Å². The van der Waals surface area contributed by atoms with Gasteiger partial charge < -0.3 is 14.3 Å². The van der Waals surface area contributed by atoms with Crippen LogP contribution < -0.4 is 5.32 Å². The third-order valence-electron chi connectivity index (χ3n) is 3.16. The normalized spacial score (nSPS) is 10.7. The van der Waals surface area contributed by atoms with E-state index in [1.165, 1.54) is 35.4 Å². The smallest absolute Gasteiger partial charge is 0.277 e. The van der Waals surface area contributed by atoms with Gasteiger partial charge >= 0.3 is 0 Å². The zero-order valence-electron chi connectivity index (χ0n) is 12.6. The van der Waals surface area contributed by atoms with Crippen LogP contribution in [0.25, 0.3) is 11.5 Å². The van der Waals surface area contributed by atoms with Gasteiger partial charge in [-0.1, -0.05) is 28.3 Å². The van der Waals surface area contributed by atoms with E-state index in [1.807, 2.05) is 24.3 Å². The molecule has 4 aromatic rings. The molecule has 0 spiro atoms. The lowest BCUT2D eigenvalue weighted by atomic mass is 10.3. The van der Waals surface area contributed by atoms with Crippen molar-refractivity contribution in [1.29, 1.82) is 0 Å². The lowest BCUT2D eigenvalue weighted by Crippen LogP contribution is -2.11. The third-order valence-corrected chi connectivity index (χ3v) is 4.95. The minimum absolute atomic E-state index is 0.179. The van der Waals surface area contributed by atoms with Crippen molar-refractivity contribution in [2.45, 2.75) is 9.24 Å². The number of carbonyl (C=O) groups excluding carboxylic acids is 1. The Morgan fingerprint density at radius 1 is 1.16 bits per heavy atom. The van der Waals surface area contributed by atoms with Crippen LogP contribution in [0.15, 0.2) is 72.4 Å². The van der Waals surface area contributed by atoms with Gasteiger partial charge in [0.2, 0.25) is 5.76 Å². The third kappa shape index (κ3) is 3.62. The number of anilines is 1. The van der Waals surface area contributed by atoms with Gasteiger partial charge in [0.15, 0.2) is 15.8 Å². The van der Waals surface area contributed by atoms with Crippen LogP contribution in [-0.2, 0) is 0 Å². The molecular weight excluding hydrogens is 360 g/mol. The zero-order chi connectivity index (χ0) is 17.1. The number of hydrogen-bond donors (Lipinski definition) is 1. The average Bonchev–Trinajstić information content (AvgIpc) is 3.38. The monoisotopic (exact) mass is 370 g/mol. The van der Waals surface area contributed by atoms with E-state index in [-0.39, 0.29) is 11.6 Å². The fourth-order valence-electron chi connectivity index (χ4n) is 2.03. The molecule has 0 aliphatic carbocycles. The summed E-state index contributed by atoms with van der Waals surface area (Å²) < 4.78 is 11.2. The molecule has 3 aromatic heterocycles. The van der Waals surface area contributed by atoms with Gasteiger partial charge in [-0.2, -0.15) is 0 Å². The second-order valence-electron chi connectivity index (χ2n) is 4.84. The number of nitrogens with zero attached hydrogens (tertiary/aromatic N) is 3. The highest BCUT2D eigenvalue weighted by Crippen LogP contribution is 2.29. The number of furan rings is 1. The second-order valence-corrected chi connectivity index (χ2v) is 6.99. The summed E-state index contributed by atoms with van der Waals surface area (Å²) in [6.45, 7) is 0. The topological polar surface area (TPSA) is 94.1 Å². The summed E-state index contributed by atoms with van der Waals surface area (Å²) in [5.74, 6) is 0.564. The van der Waals surface area contributed by atoms with E-state index in [0.717, 1.165) is 9.24 Å². The van der Waals surface area contributed by atoms with Crippen molar-refractivity contribution in [2.24, 2.45) is 0 Å². The minimum Gasteiger partial charge on any atom is -0.461 e. The summed E-state index contributed by atoms with van der Waals surface area (Å²) in [6.07, 6.45) is 1.53. The van der Waals surface area contributed by atoms with Crippen LogP contribution in [0.2, 0.25) is 0 Å². The van der Waals surface area contributed by atoms with Gasteiger partial charge in [0.1, 0.15) is 5.51 Å². The summed E-state index contributed by atoms with van der Waals surface area (Å²) >= 11 is 2.99. The Balaban J connectivity index is 1.42. The predicted octanol–water partition coefficient (Wildman–Crippen LogP) is 4.19. The molecule has 25 heavy (non-hydrogen) atoms.